The number of carbonyl (C=O) groups excluding carboxylic acids is 1. The van der Waals surface area contributed by atoms with Crippen LogP contribution in [-0.2, 0) is 17.9 Å². The summed E-state index contributed by atoms with van der Waals surface area (Å²) in [5.41, 5.74) is 3.54. The Hall–Kier alpha value is -4.24. The van der Waals surface area contributed by atoms with Crippen LogP contribution < -0.4 is 48.9 Å². The van der Waals surface area contributed by atoms with Crippen LogP contribution in [0.5, 0.6) is 17.2 Å². The maximum absolute atomic E-state index is 11.6. The standard InChI is InChI=1S/C36H34N2O6.Na/c1-23-27(37-34(44-23)25-11-6-5-7-12-25)21-42-30-18-17-24(19-32(30)41-4)20-38-28-14-9-8-13-26(28)33-29(38)15-10-16-31(33)43-22-36(2,3)35(39)40;/h5-19H,20-22H2,1-4H3,(H,39,40);/q;+1/p-1. The van der Waals surface area contributed by atoms with Gasteiger partial charge in [0.05, 0.1) is 25.2 Å². The molecule has 6 rings (SSSR count). The Kier molecular flexibility index (Phi) is 9.58. The van der Waals surface area contributed by atoms with Gasteiger partial charge in [0.2, 0.25) is 5.89 Å². The molecule has 0 unspecified atom stereocenters. The first-order chi connectivity index (χ1) is 21.2. The molecule has 0 saturated heterocycles. The van der Waals surface area contributed by atoms with E-state index in [0.717, 1.165) is 38.6 Å². The second-order valence-electron chi connectivity index (χ2n) is 11.4. The monoisotopic (exact) mass is 612 g/mol. The molecule has 2 heterocycles. The van der Waals surface area contributed by atoms with Crippen molar-refractivity contribution in [2.24, 2.45) is 5.41 Å². The number of ether oxygens (including phenoxy) is 3. The number of aliphatic carboxylic acids is 1. The molecule has 224 valence electrons. The van der Waals surface area contributed by atoms with Crippen LogP contribution in [-0.4, -0.2) is 29.2 Å². The molecule has 0 spiro atoms. The Morgan fingerprint density at radius 3 is 2.38 bits per heavy atom. The van der Waals surface area contributed by atoms with E-state index in [0.29, 0.717) is 35.4 Å². The van der Waals surface area contributed by atoms with Crippen molar-refractivity contribution in [2.45, 2.75) is 33.9 Å². The molecule has 0 atom stereocenters. The van der Waals surface area contributed by atoms with E-state index < -0.39 is 11.4 Å². The Balaban J connectivity index is 0.00000400. The summed E-state index contributed by atoms with van der Waals surface area (Å²) in [5, 5.41) is 13.5. The number of carbonyl (C=O) groups is 1. The normalized spacial score (nSPS) is 11.4. The summed E-state index contributed by atoms with van der Waals surface area (Å²) in [4.78, 5) is 16.2. The maximum Gasteiger partial charge on any atom is 1.00 e. The number of fused-ring (bicyclic) bond motifs is 3. The molecule has 0 aliphatic rings. The van der Waals surface area contributed by atoms with E-state index >= 15 is 0 Å². The van der Waals surface area contributed by atoms with Crippen molar-refractivity contribution >= 4 is 27.8 Å². The van der Waals surface area contributed by atoms with Gasteiger partial charge in [0.15, 0.2) is 11.5 Å². The van der Waals surface area contributed by atoms with Gasteiger partial charge in [-0.15, -0.1) is 0 Å². The predicted octanol–water partition coefficient (Wildman–Crippen LogP) is 3.55. The second-order valence-corrected chi connectivity index (χ2v) is 11.4. The quantitative estimate of drug-likeness (QED) is 0.207. The van der Waals surface area contributed by atoms with E-state index in [9.17, 15) is 9.90 Å². The van der Waals surface area contributed by atoms with Gasteiger partial charge in [-0.25, -0.2) is 4.98 Å². The van der Waals surface area contributed by atoms with Crippen LogP contribution >= 0.6 is 0 Å². The molecule has 4 aromatic carbocycles. The first-order valence-electron chi connectivity index (χ1n) is 14.4. The Labute approximate surface area is 283 Å². The number of hydrogen-bond donors (Lipinski definition) is 0. The molecule has 0 aliphatic heterocycles. The Morgan fingerprint density at radius 2 is 1.62 bits per heavy atom. The first-order valence-corrected chi connectivity index (χ1v) is 14.4. The van der Waals surface area contributed by atoms with Gasteiger partial charge in [0.1, 0.15) is 23.8 Å². The molecular formula is C36H33N2NaO6. The average Bonchev–Trinajstić information content (AvgIpc) is 3.57. The number of carboxylic acids is 1. The van der Waals surface area contributed by atoms with Crippen LogP contribution in [0.2, 0.25) is 0 Å². The zero-order valence-electron chi connectivity index (χ0n) is 26.1. The minimum absolute atomic E-state index is 0. The largest absolute Gasteiger partial charge is 1.00 e. The molecule has 2 aromatic heterocycles. The number of hydrogen-bond acceptors (Lipinski definition) is 7. The van der Waals surface area contributed by atoms with Gasteiger partial charge in [-0.1, -0.05) is 62.4 Å². The first kappa shape index (κ1) is 32.2. The summed E-state index contributed by atoms with van der Waals surface area (Å²) in [6.45, 7) is 5.88. The number of methoxy groups -OCH3 is 1. The fourth-order valence-electron chi connectivity index (χ4n) is 5.20. The number of aromatic nitrogens is 2. The van der Waals surface area contributed by atoms with E-state index in [4.69, 9.17) is 18.6 Å². The van der Waals surface area contributed by atoms with Gasteiger partial charge >= 0.3 is 29.6 Å². The molecule has 0 amide bonds. The summed E-state index contributed by atoms with van der Waals surface area (Å²) in [6.07, 6.45) is 0. The van der Waals surface area contributed by atoms with Crippen molar-refractivity contribution in [3.8, 4) is 28.7 Å². The van der Waals surface area contributed by atoms with Gasteiger partial charge < -0.3 is 33.1 Å². The molecule has 0 saturated carbocycles. The number of nitrogens with zero attached hydrogens (tertiary/aromatic N) is 2. The minimum atomic E-state index is -1.15. The smallest absolute Gasteiger partial charge is 0.549 e. The van der Waals surface area contributed by atoms with E-state index in [1.807, 2.05) is 85.8 Å². The van der Waals surface area contributed by atoms with Gasteiger partial charge in [0, 0.05) is 33.8 Å². The van der Waals surface area contributed by atoms with Gasteiger partial charge in [0.25, 0.3) is 0 Å². The molecule has 0 N–H and O–H groups in total. The zero-order valence-corrected chi connectivity index (χ0v) is 28.1. The van der Waals surface area contributed by atoms with Crippen molar-refractivity contribution < 1.29 is 58.1 Å². The summed E-state index contributed by atoms with van der Waals surface area (Å²) >= 11 is 0. The van der Waals surface area contributed by atoms with Gasteiger partial charge in [-0.2, -0.15) is 0 Å². The number of para-hydroxylation sites is 1. The molecule has 8 nitrogen and oxygen atoms in total. The second kappa shape index (κ2) is 13.4. The molecule has 45 heavy (non-hydrogen) atoms. The van der Waals surface area contributed by atoms with Gasteiger partial charge in [-0.05, 0) is 55.0 Å². The molecule has 0 aliphatic carbocycles. The fraction of sp³-hybridized carbons (Fsp3) is 0.222. The van der Waals surface area contributed by atoms with Crippen molar-refractivity contribution in [1.82, 2.24) is 9.55 Å². The summed E-state index contributed by atoms with van der Waals surface area (Å²) < 4.78 is 26.1. The van der Waals surface area contributed by atoms with Crippen LogP contribution in [0.4, 0.5) is 0 Å². The topological polar surface area (TPSA) is 98.8 Å². The van der Waals surface area contributed by atoms with Crippen LogP contribution in [0.25, 0.3) is 33.3 Å². The molecule has 0 fully saturated rings. The third-order valence-corrected chi connectivity index (χ3v) is 7.75. The van der Waals surface area contributed by atoms with Crippen molar-refractivity contribution in [1.29, 1.82) is 0 Å². The average molecular weight is 613 g/mol. The van der Waals surface area contributed by atoms with Crippen molar-refractivity contribution in [3.63, 3.8) is 0 Å². The van der Waals surface area contributed by atoms with Crippen LogP contribution in [0, 0.1) is 12.3 Å². The Bertz CT molecular complexity index is 1960. The van der Waals surface area contributed by atoms with Crippen molar-refractivity contribution in [2.75, 3.05) is 13.7 Å². The van der Waals surface area contributed by atoms with Gasteiger partial charge in [-0.3, -0.25) is 0 Å². The van der Waals surface area contributed by atoms with Crippen molar-refractivity contribution in [3.05, 3.63) is 108 Å². The number of carboxylic acid groups (broad SMARTS) is 1. The molecular weight excluding hydrogens is 579 g/mol. The van der Waals surface area contributed by atoms with E-state index in [1.165, 1.54) is 0 Å². The molecule has 9 heteroatoms. The third-order valence-electron chi connectivity index (χ3n) is 7.75. The molecule has 0 bridgehead atoms. The number of oxazole rings is 1. The number of rotatable bonds is 11. The number of benzene rings is 4. The minimum Gasteiger partial charge on any atom is -0.549 e. The maximum atomic E-state index is 11.6. The summed E-state index contributed by atoms with van der Waals surface area (Å²) in [5.74, 6) is 1.96. The summed E-state index contributed by atoms with van der Waals surface area (Å²) in [7, 11) is 1.62. The third kappa shape index (κ3) is 6.59. The van der Waals surface area contributed by atoms with E-state index in [-0.39, 0.29) is 42.8 Å². The fourth-order valence-corrected chi connectivity index (χ4v) is 5.20. The van der Waals surface area contributed by atoms with Crippen LogP contribution in [0.15, 0.2) is 95.4 Å². The van der Waals surface area contributed by atoms with E-state index in [1.54, 1.807) is 21.0 Å². The SMILES string of the molecule is COc1cc(Cn2c3ccccc3c3c(OCC(C)(C)C(=O)[O-])cccc32)ccc1OCc1nc(-c2ccccc2)oc1C.[Na+]. The van der Waals surface area contributed by atoms with Crippen LogP contribution in [0.1, 0.15) is 30.9 Å². The predicted molar refractivity (Wildman–Crippen MR) is 167 cm³/mol. The molecule has 6 aromatic rings. The number of aryl methyl sites for hydroxylation is 1. The Morgan fingerprint density at radius 1 is 0.889 bits per heavy atom. The van der Waals surface area contributed by atoms with E-state index in [2.05, 4.69) is 21.7 Å². The summed E-state index contributed by atoms with van der Waals surface area (Å²) in [6, 6.07) is 29.6. The molecule has 0 radical (unpaired) electrons. The zero-order chi connectivity index (χ0) is 30.8. The van der Waals surface area contributed by atoms with Crippen LogP contribution in [0.3, 0.4) is 0 Å².